The van der Waals surface area contributed by atoms with Crippen LogP contribution in [0.15, 0.2) is 18.2 Å². The van der Waals surface area contributed by atoms with Gasteiger partial charge in [-0.2, -0.15) is 5.10 Å². The number of carbonyl (C=O) groups excluding carboxylic acids is 1. The van der Waals surface area contributed by atoms with Crippen molar-refractivity contribution in [1.82, 2.24) is 9.78 Å². The normalized spacial score (nSPS) is 10.4. The number of nitrogens with zero attached hydrogens (tertiary/aromatic N) is 2. The van der Waals surface area contributed by atoms with Crippen LogP contribution in [0.5, 0.6) is 11.6 Å². The molecule has 0 fully saturated rings. The predicted molar refractivity (Wildman–Crippen MR) is 69.6 cm³/mol. The Balaban J connectivity index is 2.37. The highest BCUT2D eigenvalue weighted by Gasteiger charge is 2.13. The Kier molecular flexibility index (Phi) is 3.39. The standard InChI is InChI=1S/C13H13ClN2O2/c1-8-9(2)15-16(3)13(8)18-12-5-4-10(7-17)6-11(12)14/h4-7H,1-3H3. The summed E-state index contributed by atoms with van der Waals surface area (Å²) in [6, 6.07) is 4.91. The van der Waals surface area contributed by atoms with Gasteiger partial charge in [-0.25, -0.2) is 4.68 Å². The summed E-state index contributed by atoms with van der Waals surface area (Å²) in [4.78, 5) is 10.6. The molecule has 4 nitrogen and oxygen atoms in total. The summed E-state index contributed by atoms with van der Waals surface area (Å²) in [5.41, 5.74) is 2.39. The molecule has 0 aliphatic carbocycles. The maximum Gasteiger partial charge on any atom is 0.220 e. The molecule has 1 aromatic carbocycles. The number of ether oxygens (including phenoxy) is 1. The van der Waals surface area contributed by atoms with Crippen molar-refractivity contribution in [3.63, 3.8) is 0 Å². The molecule has 2 rings (SSSR count). The van der Waals surface area contributed by atoms with Crippen molar-refractivity contribution < 1.29 is 9.53 Å². The molecule has 0 spiro atoms. The van der Waals surface area contributed by atoms with Crippen molar-refractivity contribution in [2.24, 2.45) is 7.05 Å². The second-order valence-electron chi connectivity index (χ2n) is 4.05. The predicted octanol–water partition coefficient (Wildman–Crippen LogP) is 3.30. The minimum atomic E-state index is 0.401. The fraction of sp³-hybridized carbons (Fsp3) is 0.231. The molecule has 0 amide bonds. The van der Waals surface area contributed by atoms with E-state index in [9.17, 15) is 4.79 Å². The first-order valence-electron chi connectivity index (χ1n) is 5.45. The molecule has 18 heavy (non-hydrogen) atoms. The summed E-state index contributed by atoms with van der Waals surface area (Å²) < 4.78 is 7.40. The minimum Gasteiger partial charge on any atom is -0.437 e. The number of rotatable bonds is 3. The highest BCUT2D eigenvalue weighted by molar-refractivity contribution is 6.32. The van der Waals surface area contributed by atoms with Crippen molar-refractivity contribution in [1.29, 1.82) is 0 Å². The number of hydrogen-bond donors (Lipinski definition) is 0. The van der Waals surface area contributed by atoms with Gasteiger partial charge in [0.2, 0.25) is 5.88 Å². The first kappa shape index (κ1) is 12.6. The van der Waals surface area contributed by atoms with Gasteiger partial charge in [0, 0.05) is 18.2 Å². The number of aldehydes is 1. The van der Waals surface area contributed by atoms with Crippen molar-refractivity contribution in [3.05, 3.63) is 40.0 Å². The van der Waals surface area contributed by atoms with Crippen LogP contribution in [0.3, 0.4) is 0 Å². The highest BCUT2D eigenvalue weighted by Crippen LogP contribution is 2.32. The topological polar surface area (TPSA) is 44.1 Å². The van der Waals surface area contributed by atoms with Gasteiger partial charge in [-0.3, -0.25) is 4.79 Å². The van der Waals surface area contributed by atoms with E-state index in [1.54, 1.807) is 22.9 Å². The molecule has 1 heterocycles. The number of aromatic nitrogens is 2. The van der Waals surface area contributed by atoms with E-state index in [0.717, 1.165) is 17.5 Å². The molecule has 0 unspecified atom stereocenters. The summed E-state index contributed by atoms with van der Waals surface area (Å²) in [5.74, 6) is 1.15. The van der Waals surface area contributed by atoms with Crippen LogP contribution < -0.4 is 4.74 Å². The SMILES string of the molecule is Cc1nn(C)c(Oc2ccc(C=O)cc2Cl)c1C. The number of halogens is 1. The van der Waals surface area contributed by atoms with Gasteiger partial charge < -0.3 is 4.74 Å². The van der Waals surface area contributed by atoms with E-state index in [4.69, 9.17) is 16.3 Å². The molecule has 0 aliphatic heterocycles. The summed E-state index contributed by atoms with van der Waals surface area (Å²) in [5, 5.41) is 4.66. The zero-order valence-electron chi connectivity index (χ0n) is 10.4. The lowest BCUT2D eigenvalue weighted by atomic mass is 10.2. The third-order valence-corrected chi connectivity index (χ3v) is 3.05. The summed E-state index contributed by atoms with van der Waals surface area (Å²) in [6.07, 6.45) is 0.745. The lowest BCUT2D eigenvalue weighted by Crippen LogP contribution is -1.96. The van der Waals surface area contributed by atoms with Gasteiger partial charge in [-0.1, -0.05) is 11.6 Å². The maximum absolute atomic E-state index is 10.6. The van der Waals surface area contributed by atoms with Crippen LogP contribution in [-0.2, 0) is 7.05 Å². The van der Waals surface area contributed by atoms with Gasteiger partial charge >= 0.3 is 0 Å². The second kappa shape index (κ2) is 4.82. The van der Waals surface area contributed by atoms with Gasteiger partial charge in [-0.05, 0) is 32.0 Å². The Morgan fingerprint density at radius 2 is 2.11 bits per heavy atom. The molecule has 0 saturated carbocycles. The first-order valence-corrected chi connectivity index (χ1v) is 5.83. The zero-order chi connectivity index (χ0) is 13.3. The van der Waals surface area contributed by atoms with Crippen LogP contribution in [0.1, 0.15) is 21.6 Å². The van der Waals surface area contributed by atoms with Crippen molar-refractivity contribution in [2.75, 3.05) is 0 Å². The Morgan fingerprint density at radius 1 is 1.39 bits per heavy atom. The molecule has 1 aromatic heterocycles. The third kappa shape index (κ3) is 2.24. The highest BCUT2D eigenvalue weighted by atomic mass is 35.5. The van der Waals surface area contributed by atoms with Crippen molar-refractivity contribution in [3.8, 4) is 11.6 Å². The van der Waals surface area contributed by atoms with Gasteiger partial charge in [0.25, 0.3) is 0 Å². The van der Waals surface area contributed by atoms with E-state index in [0.29, 0.717) is 22.2 Å². The van der Waals surface area contributed by atoms with E-state index < -0.39 is 0 Å². The molecule has 94 valence electrons. The van der Waals surface area contributed by atoms with Gasteiger partial charge in [0.1, 0.15) is 12.0 Å². The Labute approximate surface area is 110 Å². The summed E-state index contributed by atoms with van der Waals surface area (Å²) >= 11 is 6.06. The molecule has 0 radical (unpaired) electrons. The molecule has 0 saturated heterocycles. The van der Waals surface area contributed by atoms with E-state index in [2.05, 4.69) is 5.10 Å². The fourth-order valence-corrected chi connectivity index (χ4v) is 1.89. The third-order valence-electron chi connectivity index (χ3n) is 2.76. The molecule has 0 N–H and O–H groups in total. The molecular formula is C13H13ClN2O2. The van der Waals surface area contributed by atoms with Gasteiger partial charge in [0.15, 0.2) is 0 Å². The number of hydrogen-bond acceptors (Lipinski definition) is 3. The van der Waals surface area contributed by atoms with Gasteiger partial charge in [-0.15, -0.1) is 0 Å². The van der Waals surface area contributed by atoms with E-state index >= 15 is 0 Å². The average molecular weight is 265 g/mol. The van der Waals surface area contributed by atoms with Gasteiger partial charge in [0.05, 0.1) is 10.7 Å². The quantitative estimate of drug-likeness (QED) is 0.799. The summed E-state index contributed by atoms with van der Waals surface area (Å²) in [7, 11) is 1.81. The Hall–Kier alpha value is -1.81. The number of benzene rings is 1. The average Bonchev–Trinajstić information content (AvgIpc) is 2.58. The molecular weight excluding hydrogens is 252 g/mol. The molecule has 0 atom stereocenters. The maximum atomic E-state index is 10.6. The van der Waals surface area contributed by atoms with E-state index in [-0.39, 0.29) is 0 Å². The van der Waals surface area contributed by atoms with Crippen LogP contribution in [0.4, 0.5) is 0 Å². The van der Waals surface area contributed by atoms with E-state index in [1.165, 1.54) is 0 Å². The largest absolute Gasteiger partial charge is 0.437 e. The second-order valence-corrected chi connectivity index (χ2v) is 4.46. The van der Waals surface area contributed by atoms with Crippen LogP contribution in [-0.4, -0.2) is 16.1 Å². The number of aryl methyl sites for hydroxylation is 2. The fourth-order valence-electron chi connectivity index (χ4n) is 1.66. The zero-order valence-corrected chi connectivity index (χ0v) is 11.2. The molecule has 0 bridgehead atoms. The van der Waals surface area contributed by atoms with Crippen LogP contribution in [0.2, 0.25) is 5.02 Å². The first-order chi connectivity index (χ1) is 8.52. The molecule has 5 heteroatoms. The number of carbonyl (C=O) groups is 1. The van der Waals surface area contributed by atoms with E-state index in [1.807, 2.05) is 20.9 Å². The Bertz CT molecular complexity index is 605. The van der Waals surface area contributed by atoms with Crippen molar-refractivity contribution in [2.45, 2.75) is 13.8 Å². The van der Waals surface area contributed by atoms with Crippen LogP contribution in [0.25, 0.3) is 0 Å². The Morgan fingerprint density at radius 3 is 2.61 bits per heavy atom. The molecule has 2 aromatic rings. The minimum absolute atomic E-state index is 0.401. The lowest BCUT2D eigenvalue weighted by molar-refractivity contribution is 0.112. The van der Waals surface area contributed by atoms with Crippen LogP contribution >= 0.6 is 11.6 Å². The van der Waals surface area contributed by atoms with Crippen molar-refractivity contribution >= 4 is 17.9 Å². The lowest BCUT2D eigenvalue weighted by Gasteiger charge is -2.08. The smallest absolute Gasteiger partial charge is 0.220 e. The molecule has 0 aliphatic rings. The van der Waals surface area contributed by atoms with Crippen LogP contribution in [0, 0.1) is 13.8 Å². The summed E-state index contributed by atoms with van der Waals surface area (Å²) in [6.45, 7) is 3.85. The monoisotopic (exact) mass is 264 g/mol.